The second-order valence-electron chi connectivity index (χ2n) is 5.57. The Bertz CT molecular complexity index is 897. The van der Waals surface area contributed by atoms with Gasteiger partial charge < -0.3 is 4.74 Å². The summed E-state index contributed by atoms with van der Waals surface area (Å²) in [4.78, 5) is 0. The third-order valence-corrected chi connectivity index (χ3v) is 4.01. The highest BCUT2D eigenvalue weighted by Crippen LogP contribution is 2.52. The van der Waals surface area contributed by atoms with Gasteiger partial charge in [0.25, 0.3) is 0 Å². The van der Waals surface area contributed by atoms with Gasteiger partial charge in [-0.1, -0.05) is 54.1 Å². The lowest BCUT2D eigenvalue weighted by Crippen LogP contribution is -2.35. The molecular weight excluding hydrogens is 368 g/mol. The van der Waals surface area contributed by atoms with Crippen LogP contribution in [0.4, 0.5) is 17.6 Å². The van der Waals surface area contributed by atoms with E-state index in [1.807, 2.05) is 0 Å². The molecule has 0 heterocycles. The fourth-order valence-corrected chi connectivity index (χ4v) is 2.66. The summed E-state index contributed by atoms with van der Waals surface area (Å²) in [5.74, 6) is -9.07. The van der Waals surface area contributed by atoms with E-state index in [4.69, 9.17) is 16.3 Å². The zero-order valence-electron chi connectivity index (χ0n) is 13.3. The van der Waals surface area contributed by atoms with Crippen molar-refractivity contribution in [1.29, 1.82) is 0 Å². The van der Waals surface area contributed by atoms with Crippen LogP contribution in [-0.4, -0.2) is 0 Å². The van der Waals surface area contributed by atoms with Crippen molar-refractivity contribution in [3.05, 3.63) is 95.0 Å². The highest BCUT2D eigenvalue weighted by atomic mass is 35.5. The topological polar surface area (TPSA) is 9.23 Å². The second-order valence-corrected chi connectivity index (χ2v) is 6.01. The first-order valence-electron chi connectivity index (χ1n) is 7.66. The smallest absolute Gasteiger partial charge is 0.343 e. The monoisotopic (exact) mass is 380 g/mol. The van der Waals surface area contributed by atoms with Gasteiger partial charge in [0, 0.05) is 10.6 Å². The van der Waals surface area contributed by atoms with Gasteiger partial charge in [0.15, 0.2) is 0 Å². The molecule has 26 heavy (non-hydrogen) atoms. The normalized spacial score (nSPS) is 12.0. The van der Waals surface area contributed by atoms with Crippen molar-refractivity contribution in [2.24, 2.45) is 0 Å². The Hall–Kier alpha value is -2.53. The van der Waals surface area contributed by atoms with Crippen molar-refractivity contribution < 1.29 is 22.3 Å². The van der Waals surface area contributed by atoms with E-state index >= 15 is 0 Å². The molecule has 0 saturated carbocycles. The first-order valence-corrected chi connectivity index (χ1v) is 8.04. The number of hydrogen-bond acceptors (Lipinski definition) is 1. The lowest BCUT2D eigenvalue weighted by atomic mass is 9.95. The van der Waals surface area contributed by atoms with Gasteiger partial charge in [0.2, 0.25) is 0 Å². The molecule has 0 unspecified atom stereocenters. The van der Waals surface area contributed by atoms with E-state index < -0.39 is 23.0 Å². The van der Waals surface area contributed by atoms with Crippen LogP contribution in [0.2, 0.25) is 5.02 Å². The molecule has 3 rings (SSSR count). The van der Waals surface area contributed by atoms with E-state index in [-0.39, 0.29) is 16.5 Å². The predicted octanol–water partition coefficient (Wildman–Crippen LogP) is 7.02. The van der Waals surface area contributed by atoms with Crippen LogP contribution in [0.1, 0.15) is 11.1 Å². The fourth-order valence-electron chi connectivity index (χ4n) is 2.46. The lowest BCUT2D eigenvalue weighted by molar-refractivity contribution is -0.224. The van der Waals surface area contributed by atoms with Crippen LogP contribution in [0.15, 0.2) is 78.9 Å². The van der Waals surface area contributed by atoms with Crippen LogP contribution < -0.4 is 4.74 Å². The molecule has 0 radical (unpaired) electrons. The minimum Gasteiger partial charge on any atom is -0.457 e. The summed E-state index contributed by atoms with van der Waals surface area (Å²) >= 11 is 5.68. The second kappa shape index (κ2) is 7.00. The molecule has 0 amide bonds. The van der Waals surface area contributed by atoms with Gasteiger partial charge in [-0.3, -0.25) is 0 Å². The highest BCUT2D eigenvalue weighted by molar-refractivity contribution is 6.30. The molecule has 0 aliphatic carbocycles. The van der Waals surface area contributed by atoms with E-state index in [0.29, 0.717) is 0 Å². The summed E-state index contributed by atoms with van der Waals surface area (Å²) in [5, 5.41) is -0.0493. The third-order valence-electron chi connectivity index (χ3n) is 3.78. The maximum absolute atomic E-state index is 14.8. The van der Waals surface area contributed by atoms with Gasteiger partial charge in [-0.05, 0) is 36.4 Å². The van der Waals surface area contributed by atoms with Crippen LogP contribution in [0.5, 0.6) is 11.5 Å². The number of hydrogen-bond donors (Lipinski definition) is 0. The van der Waals surface area contributed by atoms with E-state index in [0.717, 1.165) is 18.2 Å². The lowest BCUT2D eigenvalue weighted by Gasteiger charge is -2.28. The average molecular weight is 381 g/mol. The zero-order chi connectivity index (χ0) is 18.8. The molecule has 0 N–H and O–H groups in total. The van der Waals surface area contributed by atoms with Gasteiger partial charge in [0.1, 0.15) is 11.5 Å². The number of alkyl halides is 4. The van der Waals surface area contributed by atoms with Crippen LogP contribution >= 0.6 is 11.6 Å². The molecular formula is C20H13ClF4O. The molecule has 0 aliphatic heterocycles. The van der Waals surface area contributed by atoms with Gasteiger partial charge >= 0.3 is 11.8 Å². The van der Waals surface area contributed by atoms with Crippen molar-refractivity contribution in [3.8, 4) is 11.5 Å². The van der Waals surface area contributed by atoms with E-state index in [2.05, 4.69) is 0 Å². The molecule has 0 fully saturated rings. The van der Waals surface area contributed by atoms with E-state index in [1.54, 1.807) is 30.3 Å². The molecule has 3 aromatic carbocycles. The van der Waals surface area contributed by atoms with Crippen LogP contribution in [-0.2, 0) is 11.8 Å². The molecule has 0 atom stereocenters. The Kier molecular flexibility index (Phi) is 4.92. The summed E-state index contributed by atoms with van der Waals surface area (Å²) in [6.07, 6.45) is 0. The third kappa shape index (κ3) is 3.40. The fraction of sp³-hybridized carbons (Fsp3) is 0.100. The van der Waals surface area contributed by atoms with Crippen LogP contribution in [0.25, 0.3) is 0 Å². The summed E-state index contributed by atoms with van der Waals surface area (Å²) in [7, 11) is 0. The number of benzene rings is 3. The van der Waals surface area contributed by atoms with E-state index in [9.17, 15) is 17.6 Å². The molecule has 0 aromatic heterocycles. The molecule has 0 saturated heterocycles. The average Bonchev–Trinajstić information content (AvgIpc) is 2.63. The highest BCUT2D eigenvalue weighted by Gasteiger charge is 2.59. The van der Waals surface area contributed by atoms with Gasteiger partial charge in [-0.2, -0.15) is 17.6 Å². The van der Waals surface area contributed by atoms with Gasteiger partial charge in [0.05, 0.1) is 5.56 Å². The molecule has 3 aromatic rings. The number of ether oxygens (including phenoxy) is 1. The zero-order valence-corrected chi connectivity index (χ0v) is 14.1. The van der Waals surface area contributed by atoms with Crippen molar-refractivity contribution in [2.75, 3.05) is 0 Å². The SMILES string of the molecule is FC(F)(c1cccc(Cl)c1)C(F)(F)c1ccccc1Oc1ccccc1. The Labute approximate surface area is 152 Å². The Morgan fingerprint density at radius 2 is 1.35 bits per heavy atom. The minimum atomic E-state index is -4.51. The largest absolute Gasteiger partial charge is 0.457 e. The van der Waals surface area contributed by atoms with Crippen molar-refractivity contribution in [2.45, 2.75) is 11.8 Å². The predicted molar refractivity (Wildman–Crippen MR) is 92.2 cm³/mol. The first kappa shape index (κ1) is 18.3. The molecule has 0 aliphatic rings. The van der Waals surface area contributed by atoms with Crippen LogP contribution in [0, 0.1) is 0 Å². The Morgan fingerprint density at radius 3 is 2.04 bits per heavy atom. The maximum Gasteiger partial charge on any atom is 0.343 e. The number of para-hydroxylation sites is 2. The number of rotatable bonds is 5. The number of halogens is 5. The standard InChI is InChI=1S/C20H13ClF4O/c21-15-8-6-7-14(13-15)19(22,23)20(24,25)17-11-4-5-12-18(17)26-16-9-2-1-3-10-16/h1-13H. The first-order chi connectivity index (χ1) is 12.3. The molecule has 0 bridgehead atoms. The molecule has 1 nitrogen and oxygen atoms in total. The maximum atomic E-state index is 14.8. The summed E-state index contributed by atoms with van der Waals surface area (Å²) in [6, 6.07) is 17.3. The van der Waals surface area contributed by atoms with Crippen LogP contribution in [0.3, 0.4) is 0 Å². The van der Waals surface area contributed by atoms with Gasteiger partial charge in [-0.15, -0.1) is 0 Å². The Morgan fingerprint density at radius 1 is 0.692 bits per heavy atom. The minimum absolute atomic E-state index is 0.0493. The van der Waals surface area contributed by atoms with Crippen molar-refractivity contribution in [3.63, 3.8) is 0 Å². The molecule has 134 valence electrons. The summed E-state index contributed by atoms with van der Waals surface area (Å²) in [5.41, 5.74) is -1.78. The molecule has 6 heteroatoms. The summed E-state index contributed by atoms with van der Waals surface area (Å²) < 4.78 is 64.4. The molecule has 0 spiro atoms. The van der Waals surface area contributed by atoms with E-state index in [1.165, 1.54) is 30.3 Å². The summed E-state index contributed by atoms with van der Waals surface area (Å²) in [6.45, 7) is 0. The Balaban J connectivity index is 2.04. The quantitative estimate of drug-likeness (QED) is 0.432. The van der Waals surface area contributed by atoms with Crippen molar-refractivity contribution in [1.82, 2.24) is 0 Å². The van der Waals surface area contributed by atoms with Gasteiger partial charge in [-0.25, -0.2) is 0 Å². The van der Waals surface area contributed by atoms with Crippen molar-refractivity contribution >= 4 is 11.6 Å².